The van der Waals surface area contributed by atoms with Gasteiger partial charge in [-0.2, -0.15) is 0 Å². The molecule has 18 heavy (non-hydrogen) atoms. The zero-order valence-corrected chi connectivity index (χ0v) is 12.0. The Morgan fingerprint density at radius 3 is 2.56 bits per heavy atom. The van der Waals surface area contributed by atoms with Crippen LogP contribution in [0.25, 0.3) is 0 Å². The zero-order valence-electron chi connectivity index (χ0n) is 11.2. The van der Waals surface area contributed by atoms with E-state index in [1.807, 2.05) is 20.8 Å². The third-order valence-corrected chi connectivity index (χ3v) is 3.17. The minimum absolute atomic E-state index is 0.0487. The Morgan fingerprint density at radius 1 is 1.50 bits per heavy atom. The molecule has 0 saturated carbocycles. The van der Waals surface area contributed by atoms with Gasteiger partial charge in [-0.15, -0.1) is 0 Å². The number of nitrogens with one attached hydrogen (secondary N) is 1. The lowest BCUT2D eigenvalue weighted by Crippen LogP contribution is -2.64. The molecule has 4 nitrogen and oxygen atoms in total. The summed E-state index contributed by atoms with van der Waals surface area (Å²) >= 11 is 5.80. The maximum atomic E-state index is 12.3. The van der Waals surface area contributed by atoms with Crippen LogP contribution < -0.4 is 5.32 Å². The molecule has 102 valence electrons. The highest BCUT2D eigenvalue weighted by atomic mass is 35.5. The van der Waals surface area contributed by atoms with Gasteiger partial charge in [-0.1, -0.05) is 45.4 Å². The maximum absolute atomic E-state index is 12.3. The van der Waals surface area contributed by atoms with Gasteiger partial charge < -0.3 is 10.2 Å². The minimum Gasteiger partial charge on any atom is -0.342 e. The fraction of sp³-hybridized carbons (Fsp3) is 0.692. The molecule has 2 unspecified atom stereocenters. The fourth-order valence-electron chi connectivity index (χ4n) is 2.31. The summed E-state index contributed by atoms with van der Waals surface area (Å²) in [5, 5.41) is 3.17. The molecule has 1 aliphatic rings. The van der Waals surface area contributed by atoms with Crippen LogP contribution in [0, 0.1) is 5.92 Å². The number of hydrogen-bond donors (Lipinski definition) is 1. The van der Waals surface area contributed by atoms with E-state index in [4.69, 9.17) is 11.6 Å². The lowest BCUT2D eigenvalue weighted by Gasteiger charge is -2.40. The van der Waals surface area contributed by atoms with Gasteiger partial charge in [0.15, 0.2) is 0 Å². The van der Waals surface area contributed by atoms with E-state index in [0.717, 1.165) is 6.42 Å². The summed E-state index contributed by atoms with van der Waals surface area (Å²) in [6.45, 7) is 9.67. The Morgan fingerprint density at radius 2 is 2.11 bits per heavy atom. The van der Waals surface area contributed by atoms with E-state index >= 15 is 0 Å². The van der Waals surface area contributed by atoms with Gasteiger partial charge in [0, 0.05) is 5.03 Å². The van der Waals surface area contributed by atoms with E-state index in [2.05, 4.69) is 11.9 Å². The van der Waals surface area contributed by atoms with Crippen LogP contribution in [-0.4, -0.2) is 35.3 Å². The summed E-state index contributed by atoms with van der Waals surface area (Å²) in [7, 11) is 0. The van der Waals surface area contributed by atoms with Crippen molar-refractivity contribution >= 4 is 23.4 Å². The third kappa shape index (κ3) is 3.25. The number of halogens is 1. The highest BCUT2D eigenvalue weighted by molar-refractivity contribution is 6.29. The van der Waals surface area contributed by atoms with Crippen molar-refractivity contribution in [3.63, 3.8) is 0 Å². The number of rotatable bonds is 5. The van der Waals surface area contributed by atoms with Crippen LogP contribution in [-0.2, 0) is 9.59 Å². The van der Waals surface area contributed by atoms with Crippen molar-refractivity contribution in [1.29, 1.82) is 0 Å². The Balaban J connectivity index is 2.96. The number of carbonyl (C=O) groups excluding carboxylic acids is 2. The molecule has 1 heterocycles. The molecule has 0 radical (unpaired) electrons. The van der Waals surface area contributed by atoms with Crippen LogP contribution in [0.3, 0.4) is 0 Å². The predicted octanol–water partition coefficient (Wildman–Crippen LogP) is 1.89. The zero-order chi connectivity index (χ0) is 13.9. The molecule has 0 spiro atoms. The highest BCUT2D eigenvalue weighted by Gasteiger charge is 2.41. The number of hydrogen-bond acceptors (Lipinski definition) is 2. The van der Waals surface area contributed by atoms with Crippen LogP contribution >= 0.6 is 11.6 Å². The second-order valence-electron chi connectivity index (χ2n) is 5.02. The standard InChI is InChI=1S/C13H21ClN2O2/c1-5-6-10-13(18)16(7-9(4)14)11(8(2)3)12(17)15-10/h8,10-11H,4-7H2,1-3H3,(H,15,17). The number of nitrogens with zero attached hydrogens (tertiary/aromatic N) is 1. The fourth-order valence-corrected chi connectivity index (χ4v) is 2.43. The molecular weight excluding hydrogens is 252 g/mol. The summed E-state index contributed by atoms with van der Waals surface area (Å²) < 4.78 is 0. The van der Waals surface area contributed by atoms with Crippen molar-refractivity contribution in [2.45, 2.75) is 45.7 Å². The van der Waals surface area contributed by atoms with E-state index in [-0.39, 0.29) is 24.3 Å². The lowest BCUT2D eigenvalue weighted by atomic mass is 9.95. The highest BCUT2D eigenvalue weighted by Crippen LogP contribution is 2.21. The second-order valence-corrected chi connectivity index (χ2v) is 5.56. The molecule has 1 rings (SSSR count). The molecule has 2 amide bonds. The summed E-state index contributed by atoms with van der Waals surface area (Å²) in [5.74, 6) is -0.106. The van der Waals surface area contributed by atoms with Crippen molar-refractivity contribution in [3.05, 3.63) is 11.6 Å². The van der Waals surface area contributed by atoms with Gasteiger partial charge in [-0.05, 0) is 12.3 Å². The second kappa shape index (κ2) is 6.23. The van der Waals surface area contributed by atoms with Crippen LogP contribution in [0.4, 0.5) is 0 Å². The first kappa shape index (κ1) is 15.0. The molecule has 1 N–H and O–H groups in total. The molecule has 5 heteroatoms. The number of amides is 2. The van der Waals surface area contributed by atoms with E-state index < -0.39 is 12.1 Å². The molecule has 0 aliphatic carbocycles. The van der Waals surface area contributed by atoms with E-state index in [0.29, 0.717) is 11.5 Å². The molecular formula is C13H21ClN2O2. The quantitative estimate of drug-likeness (QED) is 0.831. The first-order valence-electron chi connectivity index (χ1n) is 6.32. The van der Waals surface area contributed by atoms with Gasteiger partial charge in [0.2, 0.25) is 11.8 Å². The van der Waals surface area contributed by atoms with Gasteiger partial charge in [0.1, 0.15) is 12.1 Å². The van der Waals surface area contributed by atoms with Crippen LogP contribution in [0.5, 0.6) is 0 Å². The topological polar surface area (TPSA) is 49.4 Å². The first-order chi connectivity index (χ1) is 8.38. The predicted molar refractivity (Wildman–Crippen MR) is 72.2 cm³/mol. The lowest BCUT2D eigenvalue weighted by molar-refractivity contribution is -0.150. The van der Waals surface area contributed by atoms with Crippen molar-refractivity contribution < 1.29 is 9.59 Å². The Labute approximate surface area is 113 Å². The number of piperazine rings is 1. The van der Waals surface area contributed by atoms with Gasteiger partial charge >= 0.3 is 0 Å². The average molecular weight is 273 g/mol. The van der Waals surface area contributed by atoms with Crippen molar-refractivity contribution in [2.24, 2.45) is 5.92 Å². The molecule has 1 saturated heterocycles. The summed E-state index contributed by atoms with van der Waals surface area (Å²) in [6, 6.07) is -0.880. The van der Waals surface area contributed by atoms with Crippen LogP contribution in [0.2, 0.25) is 0 Å². The Hall–Kier alpha value is -1.03. The summed E-state index contributed by atoms with van der Waals surface area (Å²) in [5.41, 5.74) is 0. The maximum Gasteiger partial charge on any atom is 0.246 e. The molecule has 1 fully saturated rings. The molecule has 0 aromatic carbocycles. The van der Waals surface area contributed by atoms with Crippen LogP contribution in [0.1, 0.15) is 33.6 Å². The SMILES string of the molecule is C=C(Cl)CN1C(=O)C(CCC)NC(=O)C1C(C)C. The number of carbonyl (C=O) groups is 2. The largest absolute Gasteiger partial charge is 0.342 e. The summed E-state index contributed by atoms with van der Waals surface area (Å²) in [4.78, 5) is 26.0. The van der Waals surface area contributed by atoms with Gasteiger partial charge in [0.25, 0.3) is 0 Å². The first-order valence-corrected chi connectivity index (χ1v) is 6.70. The monoisotopic (exact) mass is 272 g/mol. The average Bonchev–Trinajstić information content (AvgIpc) is 2.24. The van der Waals surface area contributed by atoms with Crippen molar-refractivity contribution in [3.8, 4) is 0 Å². The summed E-state index contributed by atoms with van der Waals surface area (Å²) in [6.07, 6.45) is 1.50. The molecule has 0 aromatic heterocycles. The van der Waals surface area contributed by atoms with Crippen molar-refractivity contribution in [2.75, 3.05) is 6.54 Å². The van der Waals surface area contributed by atoms with Gasteiger partial charge in [-0.3, -0.25) is 9.59 Å². The molecule has 0 aromatic rings. The van der Waals surface area contributed by atoms with Crippen molar-refractivity contribution in [1.82, 2.24) is 10.2 Å². The smallest absolute Gasteiger partial charge is 0.246 e. The molecule has 0 bridgehead atoms. The molecule has 1 aliphatic heterocycles. The normalized spacial score (nSPS) is 24.4. The van der Waals surface area contributed by atoms with E-state index in [1.165, 1.54) is 0 Å². The molecule has 2 atom stereocenters. The van der Waals surface area contributed by atoms with E-state index in [9.17, 15) is 9.59 Å². The van der Waals surface area contributed by atoms with E-state index in [1.54, 1.807) is 4.90 Å². The van der Waals surface area contributed by atoms with Gasteiger partial charge in [0.05, 0.1) is 6.54 Å². The Kier molecular flexibility index (Phi) is 5.20. The van der Waals surface area contributed by atoms with Crippen LogP contribution in [0.15, 0.2) is 11.6 Å². The minimum atomic E-state index is -0.457. The Bertz CT molecular complexity index is 355. The third-order valence-electron chi connectivity index (χ3n) is 3.05. The van der Waals surface area contributed by atoms with Gasteiger partial charge in [-0.25, -0.2) is 0 Å².